The predicted molar refractivity (Wildman–Crippen MR) is 140 cm³/mol. The lowest BCUT2D eigenvalue weighted by atomic mass is 9.51. The minimum Gasteiger partial charge on any atom is -0.400 e. The van der Waals surface area contributed by atoms with Crippen molar-refractivity contribution in [2.24, 2.45) is 29.1 Å². The third kappa shape index (κ3) is 7.67. The Kier molecular flexibility index (Phi) is 11.2. The first-order valence-electron chi connectivity index (χ1n) is 13.9. The van der Waals surface area contributed by atoms with Crippen LogP contribution in [0.2, 0.25) is 0 Å². The predicted octanol–water partition coefficient (Wildman–Crippen LogP) is 7.20. The van der Waals surface area contributed by atoms with E-state index in [2.05, 4.69) is 32.9 Å². The van der Waals surface area contributed by atoms with Gasteiger partial charge >= 0.3 is 0 Å². The van der Waals surface area contributed by atoms with Crippen LogP contribution in [-0.4, -0.2) is 34.1 Å². The number of aliphatic hydroxyl groups is 3. The van der Waals surface area contributed by atoms with Crippen molar-refractivity contribution < 1.29 is 15.3 Å². The van der Waals surface area contributed by atoms with E-state index in [4.69, 9.17) is 5.11 Å². The van der Waals surface area contributed by atoms with Crippen molar-refractivity contribution in [2.45, 2.75) is 130 Å². The van der Waals surface area contributed by atoms with Crippen molar-refractivity contribution in [3.8, 4) is 0 Å². The van der Waals surface area contributed by atoms with Crippen molar-refractivity contribution in [3.63, 3.8) is 0 Å². The van der Waals surface area contributed by atoms with E-state index in [9.17, 15) is 10.2 Å². The van der Waals surface area contributed by atoms with Gasteiger partial charge in [-0.2, -0.15) is 0 Å². The molecule has 0 bridgehead atoms. The summed E-state index contributed by atoms with van der Waals surface area (Å²) < 4.78 is 0. The molecule has 3 heteroatoms. The second kappa shape index (κ2) is 12.9. The van der Waals surface area contributed by atoms with E-state index in [0.29, 0.717) is 11.3 Å². The molecule has 0 amide bonds. The van der Waals surface area contributed by atoms with E-state index in [1.54, 1.807) is 5.57 Å². The lowest BCUT2D eigenvalue weighted by Crippen LogP contribution is -2.44. The van der Waals surface area contributed by atoms with E-state index < -0.39 is 5.60 Å². The number of fused-ring (bicyclic) bond motifs is 1. The molecule has 0 spiro atoms. The molecule has 3 fully saturated rings. The maximum Gasteiger partial charge on any atom is 0.0605 e. The standard InChI is InChI=1S/C29H50O2.CH4O/c1-6-23-16-14-22(20-27(23)30)15-17-24-11-9-19-29(5)25(12-7-13-26(24)29)21(2)10-8-18-28(3,4)31;1-2/h15,17,21,23,25-27,30-31H,6-14,16,18-20H2,1-5H3;2H,1H3/b22-15-,24-17+;. The molecule has 33 heavy (non-hydrogen) atoms. The molecule has 0 heterocycles. The normalized spacial score (nSPS) is 36.2. The van der Waals surface area contributed by atoms with Crippen LogP contribution in [0.15, 0.2) is 23.3 Å². The number of hydrogen-bond acceptors (Lipinski definition) is 3. The molecule has 3 rings (SSSR count). The summed E-state index contributed by atoms with van der Waals surface area (Å²) in [5, 5.41) is 27.5. The molecular formula is C30H54O3. The maximum absolute atomic E-state index is 10.4. The maximum atomic E-state index is 10.4. The van der Waals surface area contributed by atoms with Gasteiger partial charge in [0, 0.05) is 7.11 Å². The molecule has 0 radical (unpaired) electrons. The summed E-state index contributed by atoms with van der Waals surface area (Å²) >= 11 is 0. The Bertz CT molecular complexity index is 643. The van der Waals surface area contributed by atoms with Crippen LogP contribution in [0.5, 0.6) is 0 Å². The fourth-order valence-electron chi connectivity index (χ4n) is 7.42. The van der Waals surface area contributed by atoms with Gasteiger partial charge in [-0.05, 0) is 101 Å². The van der Waals surface area contributed by atoms with Crippen LogP contribution in [-0.2, 0) is 0 Å². The third-order valence-electron chi connectivity index (χ3n) is 9.32. The number of rotatable bonds is 7. The van der Waals surface area contributed by atoms with Gasteiger partial charge in [-0.3, -0.25) is 0 Å². The minimum absolute atomic E-state index is 0.135. The monoisotopic (exact) mass is 462 g/mol. The van der Waals surface area contributed by atoms with Crippen LogP contribution < -0.4 is 0 Å². The van der Waals surface area contributed by atoms with Gasteiger partial charge < -0.3 is 15.3 Å². The average Bonchev–Trinajstić information content (AvgIpc) is 2.77. The van der Waals surface area contributed by atoms with E-state index in [-0.39, 0.29) is 6.10 Å². The van der Waals surface area contributed by atoms with Gasteiger partial charge in [0.05, 0.1) is 11.7 Å². The van der Waals surface area contributed by atoms with Gasteiger partial charge in [0.2, 0.25) is 0 Å². The molecule has 192 valence electrons. The summed E-state index contributed by atoms with van der Waals surface area (Å²) in [5.74, 6) is 2.80. The molecule has 0 aromatic carbocycles. The molecular weight excluding hydrogens is 408 g/mol. The highest BCUT2D eigenvalue weighted by Gasteiger charge is 2.48. The van der Waals surface area contributed by atoms with Gasteiger partial charge in [-0.1, -0.05) is 69.8 Å². The van der Waals surface area contributed by atoms with Gasteiger partial charge in [0.1, 0.15) is 0 Å². The van der Waals surface area contributed by atoms with Crippen LogP contribution in [0.25, 0.3) is 0 Å². The number of aliphatic hydroxyl groups excluding tert-OH is 2. The third-order valence-corrected chi connectivity index (χ3v) is 9.32. The van der Waals surface area contributed by atoms with E-state index in [0.717, 1.165) is 57.0 Å². The zero-order chi connectivity index (χ0) is 24.6. The zero-order valence-electron chi connectivity index (χ0n) is 22.6. The number of hydrogen-bond donors (Lipinski definition) is 3. The summed E-state index contributed by atoms with van der Waals surface area (Å²) in [6, 6.07) is 0. The SMILES string of the molecule is CCC1CC/C(=C/C=C2\CCCC3(C)C2CCCC3C(C)CCCC(C)(C)O)CC1O.CO. The van der Waals surface area contributed by atoms with Crippen LogP contribution in [0, 0.1) is 29.1 Å². The highest BCUT2D eigenvalue weighted by Crippen LogP contribution is 2.57. The Balaban J connectivity index is 0.00000187. The minimum atomic E-state index is -0.531. The molecule has 3 aliphatic rings. The molecule has 3 N–H and O–H groups in total. The van der Waals surface area contributed by atoms with Crippen LogP contribution in [0.1, 0.15) is 118 Å². The van der Waals surface area contributed by atoms with Crippen molar-refractivity contribution >= 4 is 0 Å². The van der Waals surface area contributed by atoms with Crippen LogP contribution in [0.3, 0.4) is 0 Å². The average molecular weight is 463 g/mol. The Labute approximate surface area is 204 Å². The van der Waals surface area contributed by atoms with Gasteiger partial charge in [-0.25, -0.2) is 0 Å². The molecule has 0 saturated heterocycles. The highest BCUT2D eigenvalue weighted by molar-refractivity contribution is 5.25. The summed E-state index contributed by atoms with van der Waals surface area (Å²) in [7, 11) is 1.00. The van der Waals surface area contributed by atoms with E-state index in [1.807, 2.05) is 13.8 Å². The van der Waals surface area contributed by atoms with Gasteiger partial charge in [0.15, 0.2) is 0 Å². The van der Waals surface area contributed by atoms with Crippen LogP contribution in [0.4, 0.5) is 0 Å². The fourth-order valence-corrected chi connectivity index (χ4v) is 7.42. The molecule has 0 aliphatic heterocycles. The second-order valence-corrected chi connectivity index (χ2v) is 12.2. The Morgan fingerprint density at radius 2 is 1.82 bits per heavy atom. The summed E-state index contributed by atoms with van der Waals surface area (Å²) in [6.07, 6.45) is 20.4. The molecule has 0 aromatic heterocycles. The lowest BCUT2D eigenvalue weighted by Gasteiger charge is -2.54. The lowest BCUT2D eigenvalue weighted by molar-refractivity contribution is -0.00356. The first-order valence-corrected chi connectivity index (χ1v) is 13.9. The second-order valence-electron chi connectivity index (χ2n) is 12.2. The zero-order valence-corrected chi connectivity index (χ0v) is 22.6. The van der Waals surface area contributed by atoms with Crippen molar-refractivity contribution in [1.29, 1.82) is 0 Å². The molecule has 3 saturated carbocycles. The highest BCUT2D eigenvalue weighted by atomic mass is 16.3. The van der Waals surface area contributed by atoms with Crippen LogP contribution >= 0.6 is 0 Å². The van der Waals surface area contributed by atoms with Gasteiger partial charge in [-0.15, -0.1) is 0 Å². The molecule has 0 aromatic rings. The summed E-state index contributed by atoms with van der Waals surface area (Å²) in [6.45, 7) is 11.2. The molecule has 3 aliphatic carbocycles. The number of allylic oxidation sites excluding steroid dienone is 3. The Morgan fingerprint density at radius 1 is 1.09 bits per heavy atom. The summed E-state index contributed by atoms with van der Waals surface area (Å²) in [4.78, 5) is 0. The van der Waals surface area contributed by atoms with Crippen molar-refractivity contribution in [3.05, 3.63) is 23.3 Å². The van der Waals surface area contributed by atoms with Gasteiger partial charge in [0.25, 0.3) is 0 Å². The van der Waals surface area contributed by atoms with E-state index in [1.165, 1.54) is 56.9 Å². The topological polar surface area (TPSA) is 60.7 Å². The van der Waals surface area contributed by atoms with E-state index >= 15 is 0 Å². The Hall–Kier alpha value is -0.640. The van der Waals surface area contributed by atoms with Crippen molar-refractivity contribution in [1.82, 2.24) is 0 Å². The summed E-state index contributed by atoms with van der Waals surface area (Å²) in [5.41, 5.74) is 3.07. The first-order chi connectivity index (χ1) is 15.6. The van der Waals surface area contributed by atoms with Crippen molar-refractivity contribution in [2.75, 3.05) is 7.11 Å². The molecule has 6 atom stereocenters. The quantitative estimate of drug-likeness (QED) is 0.375. The Morgan fingerprint density at radius 3 is 2.45 bits per heavy atom. The first kappa shape index (κ1) is 28.6. The smallest absolute Gasteiger partial charge is 0.0605 e. The fraction of sp³-hybridized carbons (Fsp3) is 0.867. The largest absolute Gasteiger partial charge is 0.400 e. The molecule has 6 unspecified atom stereocenters. The molecule has 3 nitrogen and oxygen atoms in total.